The van der Waals surface area contributed by atoms with E-state index in [1.807, 2.05) is 24.3 Å². The number of hydrogen-bond acceptors (Lipinski definition) is 4. The van der Waals surface area contributed by atoms with Crippen LogP contribution < -0.4 is 20.1 Å². The number of ether oxygens (including phenoxy) is 2. The van der Waals surface area contributed by atoms with Gasteiger partial charge in [0.1, 0.15) is 6.17 Å². The lowest BCUT2D eigenvalue weighted by Gasteiger charge is -2.30. The predicted molar refractivity (Wildman–Crippen MR) is 101 cm³/mol. The first kappa shape index (κ1) is 16.9. The molecule has 0 atom stereocenters. The Balaban J connectivity index is 1.74. The van der Waals surface area contributed by atoms with Gasteiger partial charge in [0.2, 0.25) is 0 Å². The lowest BCUT2D eigenvalue weighted by Crippen LogP contribution is -2.23. The number of nitrogens with one attached hydrogen (secondary N) is 2. The summed E-state index contributed by atoms with van der Waals surface area (Å²) in [4.78, 5) is 0. The minimum absolute atomic E-state index is 0.0236. The molecular formula is C19H15BrF2N2O2. The zero-order valence-electron chi connectivity index (χ0n) is 13.7. The second-order valence-electron chi connectivity index (χ2n) is 5.84. The van der Waals surface area contributed by atoms with Crippen LogP contribution in [0.2, 0.25) is 0 Å². The van der Waals surface area contributed by atoms with E-state index in [-0.39, 0.29) is 17.7 Å². The highest BCUT2D eigenvalue weighted by molar-refractivity contribution is 9.10. The van der Waals surface area contributed by atoms with Crippen molar-refractivity contribution in [2.24, 2.45) is 0 Å². The monoisotopic (exact) mass is 420 g/mol. The average molecular weight is 421 g/mol. The Hall–Kier alpha value is -2.54. The summed E-state index contributed by atoms with van der Waals surface area (Å²) in [6, 6.07) is 15.5. The molecule has 0 saturated carbocycles. The fourth-order valence-electron chi connectivity index (χ4n) is 3.21. The van der Waals surface area contributed by atoms with Crippen LogP contribution >= 0.6 is 15.9 Å². The van der Waals surface area contributed by atoms with Crippen molar-refractivity contribution in [1.82, 2.24) is 0 Å². The molecule has 1 aliphatic rings. The molecule has 2 N–H and O–H groups in total. The third-order valence-electron chi connectivity index (χ3n) is 4.30. The van der Waals surface area contributed by atoms with E-state index in [2.05, 4.69) is 43.4 Å². The fraction of sp³-hybridized carbons (Fsp3) is 0.158. The lowest BCUT2D eigenvalue weighted by molar-refractivity contribution is -0.0517. The summed E-state index contributed by atoms with van der Waals surface area (Å²) in [5.74, 6) is 0.208. The van der Waals surface area contributed by atoms with Gasteiger partial charge in [-0.3, -0.25) is 0 Å². The summed E-state index contributed by atoms with van der Waals surface area (Å²) in [5, 5.41) is 9.14. The number of rotatable bonds is 4. The molecule has 0 aliphatic carbocycles. The summed E-state index contributed by atoms with van der Waals surface area (Å²) in [6.45, 7) is -2.93. The zero-order chi connectivity index (χ0) is 18.3. The SMILES string of the molecule is COc1cc(C2Nc3cccc4cccc(c34)N2)cc(Br)c1OC(F)F. The van der Waals surface area contributed by atoms with Gasteiger partial charge in [0.15, 0.2) is 11.5 Å². The van der Waals surface area contributed by atoms with Crippen molar-refractivity contribution < 1.29 is 18.3 Å². The maximum Gasteiger partial charge on any atom is 0.387 e. The van der Waals surface area contributed by atoms with E-state index in [1.54, 1.807) is 12.1 Å². The number of benzene rings is 3. The second-order valence-corrected chi connectivity index (χ2v) is 6.70. The number of halogens is 3. The molecule has 1 aliphatic heterocycles. The van der Waals surface area contributed by atoms with E-state index in [0.717, 1.165) is 27.7 Å². The minimum atomic E-state index is -2.93. The van der Waals surface area contributed by atoms with Gasteiger partial charge in [0.05, 0.1) is 11.6 Å². The lowest BCUT2D eigenvalue weighted by atomic mass is 10.0. The normalized spacial score (nSPS) is 13.4. The topological polar surface area (TPSA) is 42.5 Å². The van der Waals surface area contributed by atoms with Crippen LogP contribution in [0.15, 0.2) is 53.0 Å². The molecule has 0 amide bonds. The van der Waals surface area contributed by atoms with Gasteiger partial charge in [-0.25, -0.2) is 0 Å². The van der Waals surface area contributed by atoms with E-state index in [4.69, 9.17) is 4.74 Å². The molecule has 4 rings (SSSR count). The number of hydrogen-bond donors (Lipinski definition) is 2. The highest BCUT2D eigenvalue weighted by Crippen LogP contribution is 2.42. The Morgan fingerprint density at radius 1 is 1.04 bits per heavy atom. The van der Waals surface area contributed by atoms with Crippen molar-refractivity contribution >= 4 is 38.1 Å². The average Bonchev–Trinajstić information content (AvgIpc) is 2.63. The van der Waals surface area contributed by atoms with Gasteiger partial charge in [0, 0.05) is 16.8 Å². The Labute approximate surface area is 157 Å². The molecular weight excluding hydrogens is 406 g/mol. The van der Waals surface area contributed by atoms with E-state index in [9.17, 15) is 8.78 Å². The van der Waals surface area contributed by atoms with Crippen LogP contribution in [0.3, 0.4) is 0 Å². The van der Waals surface area contributed by atoms with Gasteiger partial charge in [-0.1, -0.05) is 24.3 Å². The van der Waals surface area contributed by atoms with Crippen molar-refractivity contribution in [1.29, 1.82) is 0 Å². The standard InChI is InChI=1S/C19H15BrF2N2O2/c1-25-15-9-11(8-12(20)17(15)26-19(21)22)18-23-13-6-2-4-10-5-3-7-14(24-18)16(10)13/h2-9,18-19,23-24H,1H3. The molecule has 0 radical (unpaired) electrons. The smallest absolute Gasteiger partial charge is 0.387 e. The predicted octanol–water partition coefficient (Wildman–Crippen LogP) is 5.75. The third-order valence-corrected chi connectivity index (χ3v) is 4.89. The molecule has 0 aromatic heterocycles. The molecule has 3 aromatic rings. The first-order valence-corrected chi connectivity index (χ1v) is 8.73. The summed E-state index contributed by atoms with van der Waals surface area (Å²) >= 11 is 3.30. The van der Waals surface area contributed by atoms with Crippen LogP contribution in [0.25, 0.3) is 10.8 Å². The van der Waals surface area contributed by atoms with Gasteiger partial charge < -0.3 is 20.1 Å². The van der Waals surface area contributed by atoms with Crippen molar-refractivity contribution in [3.8, 4) is 11.5 Å². The molecule has 0 bridgehead atoms. The van der Waals surface area contributed by atoms with Crippen LogP contribution in [0.1, 0.15) is 11.7 Å². The van der Waals surface area contributed by atoms with Crippen molar-refractivity contribution in [2.45, 2.75) is 12.8 Å². The van der Waals surface area contributed by atoms with Gasteiger partial charge >= 0.3 is 6.61 Å². The molecule has 134 valence electrons. The van der Waals surface area contributed by atoms with Crippen molar-refractivity contribution in [3.05, 3.63) is 58.6 Å². The van der Waals surface area contributed by atoms with Crippen LogP contribution in [-0.2, 0) is 0 Å². The maximum atomic E-state index is 12.6. The van der Waals surface area contributed by atoms with Gasteiger partial charge in [-0.2, -0.15) is 8.78 Å². The quantitative estimate of drug-likeness (QED) is 0.563. The van der Waals surface area contributed by atoms with Crippen molar-refractivity contribution in [3.63, 3.8) is 0 Å². The molecule has 0 unspecified atom stereocenters. The highest BCUT2D eigenvalue weighted by atomic mass is 79.9. The van der Waals surface area contributed by atoms with Crippen LogP contribution in [0.4, 0.5) is 20.2 Å². The van der Waals surface area contributed by atoms with E-state index in [0.29, 0.717) is 4.47 Å². The van der Waals surface area contributed by atoms with Gasteiger partial charge in [-0.05, 0) is 51.1 Å². The van der Waals surface area contributed by atoms with E-state index in [1.165, 1.54) is 7.11 Å². The summed E-state index contributed by atoms with van der Waals surface area (Å²) < 4.78 is 35.5. The molecule has 4 nitrogen and oxygen atoms in total. The summed E-state index contributed by atoms with van der Waals surface area (Å²) in [7, 11) is 1.42. The van der Waals surface area contributed by atoms with E-state index < -0.39 is 6.61 Å². The van der Waals surface area contributed by atoms with E-state index >= 15 is 0 Å². The van der Waals surface area contributed by atoms with Crippen LogP contribution in [0, 0.1) is 0 Å². The number of methoxy groups -OCH3 is 1. The first-order valence-electron chi connectivity index (χ1n) is 7.94. The first-order chi connectivity index (χ1) is 12.6. The molecule has 7 heteroatoms. The largest absolute Gasteiger partial charge is 0.493 e. The third kappa shape index (κ3) is 2.92. The minimum Gasteiger partial charge on any atom is -0.493 e. The molecule has 0 saturated heterocycles. The number of alkyl halides is 2. The number of anilines is 2. The van der Waals surface area contributed by atoms with Crippen LogP contribution in [0.5, 0.6) is 11.5 Å². The summed E-state index contributed by atoms with van der Waals surface area (Å²) in [6.07, 6.45) is -0.249. The van der Waals surface area contributed by atoms with Gasteiger partial charge in [-0.15, -0.1) is 0 Å². The fourth-order valence-corrected chi connectivity index (χ4v) is 3.76. The molecule has 1 heterocycles. The Bertz CT molecular complexity index is 940. The molecule has 0 fully saturated rings. The Kier molecular flexibility index (Phi) is 4.32. The molecule has 0 spiro atoms. The van der Waals surface area contributed by atoms with Crippen molar-refractivity contribution in [2.75, 3.05) is 17.7 Å². The summed E-state index contributed by atoms with van der Waals surface area (Å²) in [5.41, 5.74) is 2.83. The molecule has 26 heavy (non-hydrogen) atoms. The van der Waals surface area contributed by atoms with Gasteiger partial charge in [0.25, 0.3) is 0 Å². The zero-order valence-corrected chi connectivity index (χ0v) is 15.3. The van der Waals surface area contributed by atoms with Crippen LogP contribution in [-0.4, -0.2) is 13.7 Å². The maximum absolute atomic E-state index is 12.6. The molecule has 3 aromatic carbocycles. The Morgan fingerprint density at radius 3 is 2.27 bits per heavy atom. The second kappa shape index (κ2) is 6.64. The Morgan fingerprint density at radius 2 is 1.69 bits per heavy atom. The highest BCUT2D eigenvalue weighted by Gasteiger charge is 2.23.